The van der Waals surface area contributed by atoms with Gasteiger partial charge in [-0.2, -0.15) is 20.6 Å². The molecule has 4 aromatic rings. The van der Waals surface area contributed by atoms with Crippen LogP contribution in [-0.4, -0.2) is 42.3 Å². The summed E-state index contributed by atoms with van der Waals surface area (Å²) in [5, 5.41) is 26.2. The molecule has 0 spiro atoms. The Hall–Kier alpha value is -3.44. The lowest BCUT2D eigenvalue weighted by molar-refractivity contribution is 0.343. The van der Waals surface area contributed by atoms with Crippen molar-refractivity contribution in [3.63, 3.8) is 0 Å². The quantitative estimate of drug-likeness (QED) is 0.596. The zero-order valence-corrected chi connectivity index (χ0v) is 15.6. The van der Waals surface area contributed by atoms with Gasteiger partial charge in [-0.05, 0) is 32.0 Å². The Morgan fingerprint density at radius 3 is 2.57 bits per heavy atom. The lowest BCUT2D eigenvalue weighted by Crippen LogP contribution is -2.29. The number of nitrogens with zero attached hydrogens (tertiary/aromatic N) is 7. The highest BCUT2D eigenvalue weighted by Gasteiger charge is 2.19. The second-order valence-electron chi connectivity index (χ2n) is 7.20. The van der Waals surface area contributed by atoms with Crippen LogP contribution in [0.5, 0.6) is 0 Å². The van der Waals surface area contributed by atoms with Gasteiger partial charge in [0.15, 0.2) is 0 Å². The van der Waals surface area contributed by atoms with Gasteiger partial charge in [0.25, 0.3) is 0 Å². The van der Waals surface area contributed by atoms with E-state index in [9.17, 15) is 5.26 Å². The van der Waals surface area contributed by atoms with E-state index in [-0.39, 0.29) is 0 Å². The van der Waals surface area contributed by atoms with Crippen molar-refractivity contribution in [1.29, 1.82) is 5.26 Å². The van der Waals surface area contributed by atoms with Crippen molar-refractivity contribution >= 4 is 5.52 Å². The Kier molecular flexibility index (Phi) is 3.95. The Balaban J connectivity index is 1.66. The highest BCUT2D eigenvalue weighted by atomic mass is 15.3. The average molecular weight is 372 g/mol. The van der Waals surface area contributed by atoms with E-state index in [0.29, 0.717) is 11.6 Å². The number of piperidine rings is 1. The van der Waals surface area contributed by atoms with Crippen molar-refractivity contribution in [1.82, 2.24) is 34.5 Å². The molecule has 0 atom stereocenters. The summed E-state index contributed by atoms with van der Waals surface area (Å²) in [6, 6.07) is 4.76. The summed E-state index contributed by atoms with van der Waals surface area (Å²) in [4.78, 5) is 0. The summed E-state index contributed by atoms with van der Waals surface area (Å²) in [7, 11) is 1.90. The smallest absolute Gasteiger partial charge is 0.103 e. The highest BCUT2D eigenvalue weighted by molar-refractivity contribution is 5.87. The topological polar surface area (TPSA) is 88.8 Å². The summed E-state index contributed by atoms with van der Waals surface area (Å²) in [6.45, 7) is 2.03. The minimum Gasteiger partial charge on any atom is -0.317 e. The van der Waals surface area contributed by atoms with Crippen LogP contribution in [0.15, 0.2) is 43.2 Å². The highest BCUT2D eigenvalue weighted by Crippen LogP contribution is 2.32. The molecule has 1 saturated heterocycles. The SMILES string of the molecule is Cn1cc(-c2cc(-c3cnn(C4CCNCC4)c3)c3c(C#N)cnn3c2)cn1. The monoisotopic (exact) mass is 372 g/mol. The molecule has 0 radical (unpaired) electrons. The van der Waals surface area contributed by atoms with Crippen LogP contribution in [0.1, 0.15) is 24.4 Å². The fraction of sp³-hybridized carbons (Fsp3) is 0.300. The molecule has 1 aliphatic rings. The van der Waals surface area contributed by atoms with Crippen molar-refractivity contribution in [3.05, 3.63) is 48.8 Å². The predicted molar refractivity (Wildman–Crippen MR) is 104 cm³/mol. The third kappa shape index (κ3) is 2.77. The number of nitriles is 1. The zero-order valence-electron chi connectivity index (χ0n) is 15.6. The van der Waals surface area contributed by atoms with E-state index >= 15 is 0 Å². The number of pyridine rings is 1. The van der Waals surface area contributed by atoms with Gasteiger partial charge in [0, 0.05) is 47.9 Å². The Morgan fingerprint density at radius 2 is 1.82 bits per heavy atom. The molecule has 0 unspecified atom stereocenters. The number of aryl methyl sites for hydroxylation is 1. The van der Waals surface area contributed by atoms with Crippen molar-refractivity contribution in [2.45, 2.75) is 18.9 Å². The van der Waals surface area contributed by atoms with Crippen molar-refractivity contribution in [3.8, 4) is 28.3 Å². The maximum Gasteiger partial charge on any atom is 0.103 e. The molecular weight excluding hydrogens is 352 g/mol. The number of fused-ring (bicyclic) bond motifs is 1. The lowest BCUT2D eigenvalue weighted by atomic mass is 10.0. The molecule has 0 bridgehead atoms. The molecule has 8 heteroatoms. The molecule has 1 N–H and O–H groups in total. The number of aromatic nitrogens is 6. The number of nitrogens with one attached hydrogen (secondary N) is 1. The Labute approximate surface area is 162 Å². The van der Waals surface area contributed by atoms with Crippen LogP contribution in [0.2, 0.25) is 0 Å². The molecule has 0 aromatic carbocycles. The summed E-state index contributed by atoms with van der Waals surface area (Å²) in [6.07, 6.45) is 13.5. The minimum atomic E-state index is 0.410. The molecule has 1 fully saturated rings. The van der Waals surface area contributed by atoms with Crippen molar-refractivity contribution < 1.29 is 0 Å². The van der Waals surface area contributed by atoms with Gasteiger partial charge >= 0.3 is 0 Å². The van der Waals surface area contributed by atoms with Gasteiger partial charge in [-0.15, -0.1) is 0 Å². The van der Waals surface area contributed by atoms with Crippen LogP contribution in [0.25, 0.3) is 27.8 Å². The fourth-order valence-electron chi connectivity index (χ4n) is 3.90. The summed E-state index contributed by atoms with van der Waals surface area (Å²) in [5.74, 6) is 0. The van der Waals surface area contributed by atoms with E-state index in [1.54, 1.807) is 15.4 Å². The van der Waals surface area contributed by atoms with Gasteiger partial charge in [-0.3, -0.25) is 9.36 Å². The van der Waals surface area contributed by atoms with E-state index in [2.05, 4.69) is 43.6 Å². The predicted octanol–water partition coefficient (Wildman–Crippen LogP) is 2.39. The van der Waals surface area contributed by atoms with Crippen LogP contribution >= 0.6 is 0 Å². The molecule has 8 nitrogen and oxygen atoms in total. The molecular formula is C20H20N8. The van der Waals surface area contributed by atoms with Crippen LogP contribution in [0.4, 0.5) is 0 Å². The maximum atomic E-state index is 9.55. The van der Waals surface area contributed by atoms with Crippen molar-refractivity contribution in [2.75, 3.05) is 13.1 Å². The molecule has 0 saturated carbocycles. The zero-order chi connectivity index (χ0) is 19.1. The first kappa shape index (κ1) is 16.7. The first-order valence-electron chi connectivity index (χ1n) is 9.38. The van der Waals surface area contributed by atoms with E-state index in [4.69, 9.17) is 0 Å². The van der Waals surface area contributed by atoms with Crippen LogP contribution in [0.3, 0.4) is 0 Å². The standard InChI is InChI=1S/C20H20N8/c1-26-11-16(9-23-26)14-6-19(20-15(7-21)8-25-28(20)12-14)17-10-24-27(13-17)18-2-4-22-5-3-18/h6,8-13,18,22H,2-5H2,1H3. The maximum absolute atomic E-state index is 9.55. The Bertz CT molecular complexity index is 1180. The molecule has 0 aliphatic carbocycles. The number of hydrogen-bond acceptors (Lipinski definition) is 5. The van der Waals surface area contributed by atoms with Gasteiger partial charge in [0.05, 0.1) is 35.7 Å². The molecule has 0 amide bonds. The lowest BCUT2D eigenvalue weighted by Gasteiger charge is -2.22. The number of rotatable bonds is 3. The van der Waals surface area contributed by atoms with E-state index in [1.165, 1.54) is 0 Å². The van der Waals surface area contributed by atoms with Crippen LogP contribution < -0.4 is 5.32 Å². The van der Waals surface area contributed by atoms with Gasteiger partial charge in [-0.1, -0.05) is 0 Å². The fourth-order valence-corrected chi connectivity index (χ4v) is 3.90. The van der Waals surface area contributed by atoms with E-state index < -0.39 is 0 Å². The first-order chi connectivity index (χ1) is 13.7. The minimum absolute atomic E-state index is 0.410. The van der Waals surface area contributed by atoms with E-state index in [0.717, 1.165) is 53.7 Å². The summed E-state index contributed by atoms with van der Waals surface area (Å²) >= 11 is 0. The molecule has 5 heterocycles. The first-order valence-corrected chi connectivity index (χ1v) is 9.38. The summed E-state index contributed by atoms with van der Waals surface area (Å²) in [5.41, 5.74) is 5.31. The number of hydrogen-bond donors (Lipinski definition) is 1. The van der Waals surface area contributed by atoms with Gasteiger partial charge < -0.3 is 5.32 Å². The van der Waals surface area contributed by atoms with Crippen LogP contribution in [-0.2, 0) is 7.05 Å². The van der Waals surface area contributed by atoms with Gasteiger partial charge in [0.2, 0.25) is 0 Å². The van der Waals surface area contributed by atoms with Crippen molar-refractivity contribution in [2.24, 2.45) is 7.05 Å². The molecule has 4 aromatic heterocycles. The van der Waals surface area contributed by atoms with Crippen LogP contribution in [0, 0.1) is 11.3 Å². The third-order valence-corrected chi connectivity index (χ3v) is 5.37. The van der Waals surface area contributed by atoms with Gasteiger partial charge in [-0.25, -0.2) is 4.52 Å². The molecule has 140 valence electrons. The second kappa shape index (κ2) is 6.62. The Morgan fingerprint density at radius 1 is 1.00 bits per heavy atom. The third-order valence-electron chi connectivity index (χ3n) is 5.37. The molecule has 28 heavy (non-hydrogen) atoms. The average Bonchev–Trinajstić information content (AvgIpc) is 3.47. The summed E-state index contributed by atoms with van der Waals surface area (Å²) < 4.78 is 5.61. The largest absolute Gasteiger partial charge is 0.317 e. The second-order valence-corrected chi connectivity index (χ2v) is 7.20. The normalized spacial score (nSPS) is 15.1. The molecule has 1 aliphatic heterocycles. The van der Waals surface area contributed by atoms with E-state index in [1.807, 2.05) is 31.8 Å². The van der Waals surface area contributed by atoms with Gasteiger partial charge in [0.1, 0.15) is 6.07 Å². The molecule has 5 rings (SSSR count).